The van der Waals surface area contributed by atoms with Crippen molar-refractivity contribution in [2.45, 2.75) is 38.6 Å². The van der Waals surface area contributed by atoms with E-state index in [-0.39, 0.29) is 18.0 Å². The Balaban J connectivity index is 2.08. The molecule has 2 atom stereocenters. The van der Waals surface area contributed by atoms with E-state index >= 15 is 0 Å². The number of carboxylic acid groups (broad SMARTS) is 1. The van der Waals surface area contributed by atoms with Gasteiger partial charge in [-0.3, -0.25) is 9.59 Å². The van der Waals surface area contributed by atoms with Crippen molar-refractivity contribution in [2.24, 2.45) is 5.92 Å². The Morgan fingerprint density at radius 3 is 2.84 bits per heavy atom. The second-order valence-electron chi connectivity index (χ2n) is 4.82. The fourth-order valence-corrected chi connectivity index (χ4v) is 1.83. The van der Waals surface area contributed by atoms with Gasteiger partial charge in [-0.1, -0.05) is 6.92 Å². The molecule has 4 N–H and O–H groups in total. The minimum absolute atomic E-state index is 0.0149. The zero-order chi connectivity index (χ0) is 14.3. The number of carboxylic acids is 1. The molecular weight excluding hydrogens is 250 g/mol. The smallest absolute Gasteiger partial charge is 0.315 e. The van der Waals surface area contributed by atoms with Gasteiger partial charge in [0.25, 0.3) is 0 Å². The van der Waals surface area contributed by atoms with Crippen LogP contribution in [0.5, 0.6) is 0 Å². The number of carbonyl (C=O) groups is 3. The molecule has 2 unspecified atom stereocenters. The summed E-state index contributed by atoms with van der Waals surface area (Å²) < 4.78 is 0. The maximum absolute atomic E-state index is 11.5. The van der Waals surface area contributed by atoms with Gasteiger partial charge in [0.2, 0.25) is 5.91 Å². The van der Waals surface area contributed by atoms with E-state index in [9.17, 15) is 14.4 Å². The molecule has 7 heteroatoms. The first-order valence-electron chi connectivity index (χ1n) is 6.53. The summed E-state index contributed by atoms with van der Waals surface area (Å²) in [6.07, 6.45) is 2.24. The summed E-state index contributed by atoms with van der Waals surface area (Å²) in [6.45, 7) is 2.55. The summed E-state index contributed by atoms with van der Waals surface area (Å²) in [5.41, 5.74) is 0. The lowest BCUT2D eigenvalue weighted by molar-refractivity contribution is -0.141. The average Bonchev–Trinajstić information content (AvgIpc) is 2.37. The van der Waals surface area contributed by atoms with Crippen LogP contribution in [0.4, 0.5) is 4.79 Å². The highest BCUT2D eigenvalue weighted by Gasteiger charge is 2.19. The SMILES string of the molecule is CC(CCCNC(=O)NC1CCC(=O)NC1)C(=O)O. The van der Waals surface area contributed by atoms with Gasteiger partial charge in [-0.15, -0.1) is 0 Å². The summed E-state index contributed by atoms with van der Waals surface area (Å²) in [5.74, 6) is -1.19. The Bertz CT molecular complexity index is 336. The lowest BCUT2D eigenvalue weighted by Crippen LogP contribution is -2.50. The molecule has 1 heterocycles. The summed E-state index contributed by atoms with van der Waals surface area (Å²) in [6, 6.07) is -0.306. The van der Waals surface area contributed by atoms with Gasteiger partial charge >= 0.3 is 12.0 Å². The first-order chi connectivity index (χ1) is 8.99. The van der Waals surface area contributed by atoms with Crippen molar-refractivity contribution in [3.63, 3.8) is 0 Å². The van der Waals surface area contributed by atoms with Gasteiger partial charge in [-0.05, 0) is 19.3 Å². The molecule has 1 saturated heterocycles. The lowest BCUT2D eigenvalue weighted by atomic mass is 10.1. The molecule has 1 aliphatic heterocycles. The van der Waals surface area contributed by atoms with E-state index in [1.807, 2.05) is 0 Å². The van der Waals surface area contributed by atoms with Crippen LogP contribution in [0.15, 0.2) is 0 Å². The lowest BCUT2D eigenvalue weighted by Gasteiger charge is -2.23. The third kappa shape index (κ3) is 6.08. The van der Waals surface area contributed by atoms with E-state index in [0.717, 1.165) is 0 Å². The average molecular weight is 271 g/mol. The molecule has 0 aromatic rings. The first kappa shape index (κ1) is 15.3. The van der Waals surface area contributed by atoms with Crippen molar-refractivity contribution in [1.29, 1.82) is 0 Å². The Hall–Kier alpha value is -1.79. The van der Waals surface area contributed by atoms with Crippen molar-refractivity contribution in [3.8, 4) is 0 Å². The number of hydrogen-bond acceptors (Lipinski definition) is 3. The van der Waals surface area contributed by atoms with Crippen LogP contribution in [0.25, 0.3) is 0 Å². The Morgan fingerprint density at radius 1 is 1.53 bits per heavy atom. The van der Waals surface area contributed by atoms with Crippen LogP contribution in [-0.2, 0) is 9.59 Å². The van der Waals surface area contributed by atoms with Gasteiger partial charge in [0.05, 0.1) is 5.92 Å². The van der Waals surface area contributed by atoms with Gasteiger partial charge in [0.1, 0.15) is 0 Å². The maximum Gasteiger partial charge on any atom is 0.315 e. The number of amides is 3. The van der Waals surface area contributed by atoms with Crippen LogP contribution < -0.4 is 16.0 Å². The van der Waals surface area contributed by atoms with Crippen molar-refractivity contribution < 1.29 is 19.5 Å². The van der Waals surface area contributed by atoms with Gasteiger partial charge in [0, 0.05) is 25.6 Å². The molecule has 7 nitrogen and oxygen atoms in total. The highest BCUT2D eigenvalue weighted by molar-refractivity contribution is 5.78. The Labute approximate surface area is 112 Å². The third-order valence-electron chi connectivity index (χ3n) is 3.12. The molecule has 0 spiro atoms. The maximum atomic E-state index is 11.5. The van der Waals surface area contributed by atoms with Crippen LogP contribution in [-0.4, -0.2) is 42.1 Å². The van der Waals surface area contributed by atoms with Gasteiger partial charge < -0.3 is 21.1 Å². The molecule has 0 radical (unpaired) electrons. The topological polar surface area (TPSA) is 108 Å². The predicted molar refractivity (Wildman–Crippen MR) is 68.6 cm³/mol. The van der Waals surface area contributed by atoms with E-state index in [1.54, 1.807) is 6.92 Å². The Morgan fingerprint density at radius 2 is 2.26 bits per heavy atom. The largest absolute Gasteiger partial charge is 0.481 e. The van der Waals surface area contributed by atoms with Crippen molar-refractivity contribution in [2.75, 3.05) is 13.1 Å². The number of aliphatic carboxylic acids is 1. The number of nitrogens with one attached hydrogen (secondary N) is 3. The molecule has 0 aliphatic carbocycles. The van der Waals surface area contributed by atoms with Gasteiger partial charge in [-0.2, -0.15) is 0 Å². The molecule has 0 saturated carbocycles. The zero-order valence-corrected chi connectivity index (χ0v) is 11.1. The molecule has 1 aliphatic rings. The summed E-state index contributed by atoms with van der Waals surface area (Å²) in [7, 11) is 0. The second-order valence-corrected chi connectivity index (χ2v) is 4.82. The van der Waals surface area contributed by atoms with E-state index < -0.39 is 11.9 Å². The molecule has 3 amide bonds. The summed E-state index contributed by atoms with van der Waals surface area (Å²) in [4.78, 5) is 33.0. The molecule has 0 aromatic carbocycles. The van der Waals surface area contributed by atoms with Crippen LogP contribution >= 0.6 is 0 Å². The molecule has 19 heavy (non-hydrogen) atoms. The number of hydrogen-bond donors (Lipinski definition) is 4. The standard InChI is InChI=1S/C12H21N3O4/c1-8(11(17)18)3-2-6-13-12(19)15-9-4-5-10(16)14-7-9/h8-9H,2-7H2,1H3,(H,14,16)(H,17,18)(H2,13,15,19). The van der Waals surface area contributed by atoms with Crippen LogP contribution in [0.1, 0.15) is 32.6 Å². The normalized spacial score (nSPS) is 20.3. The first-order valence-corrected chi connectivity index (χ1v) is 6.53. The van der Waals surface area contributed by atoms with Gasteiger partial charge in [-0.25, -0.2) is 4.79 Å². The zero-order valence-electron chi connectivity index (χ0n) is 11.1. The molecule has 0 aromatic heterocycles. The monoisotopic (exact) mass is 271 g/mol. The van der Waals surface area contributed by atoms with Crippen molar-refractivity contribution in [3.05, 3.63) is 0 Å². The molecule has 1 fully saturated rings. The highest BCUT2D eigenvalue weighted by Crippen LogP contribution is 2.04. The molecular formula is C12H21N3O4. The van der Waals surface area contributed by atoms with Gasteiger partial charge in [0.15, 0.2) is 0 Å². The molecule has 0 bridgehead atoms. The Kier molecular flexibility index (Phi) is 6.11. The number of piperidine rings is 1. The van der Waals surface area contributed by atoms with Crippen molar-refractivity contribution in [1.82, 2.24) is 16.0 Å². The minimum Gasteiger partial charge on any atom is -0.481 e. The summed E-state index contributed by atoms with van der Waals surface area (Å²) >= 11 is 0. The van der Waals surface area contributed by atoms with Crippen LogP contribution in [0.3, 0.4) is 0 Å². The highest BCUT2D eigenvalue weighted by atomic mass is 16.4. The van der Waals surface area contributed by atoms with E-state index in [4.69, 9.17) is 5.11 Å². The third-order valence-corrected chi connectivity index (χ3v) is 3.12. The van der Waals surface area contributed by atoms with Crippen LogP contribution in [0.2, 0.25) is 0 Å². The van der Waals surface area contributed by atoms with E-state index in [2.05, 4.69) is 16.0 Å². The summed E-state index contributed by atoms with van der Waals surface area (Å²) in [5, 5.41) is 16.8. The molecule has 108 valence electrons. The van der Waals surface area contributed by atoms with Crippen molar-refractivity contribution >= 4 is 17.9 Å². The van der Waals surface area contributed by atoms with E-state index in [0.29, 0.717) is 38.8 Å². The predicted octanol–water partition coefficient (Wildman–Crippen LogP) is 0.0651. The number of urea groups is 1. The van der Waals surface area contributed by atoms with E-state index in [1.165, 1.54) is 0 Å². The second kappa shape index (κ2) is 7.60. The quantitative estimate of drug-likeness (QED) is 0.512. The fourth-order valence-electron chi connectivity index (χ4n) is 1.83. The number of rotatable bonds is 6. The fraction of sp³-hybridized carbons (Fsp3) is 0.750. The number of carbonyl (C=O) groups excluding carboxylic acids is 2. The minimum atomic E-state index is -0.817. The van der Waals surface area contributed by atoms with Crippen LogP contribution in [0, 0.1) is 5.92 Å². The molecule has 1 rings (SSSR count).